The minimum absolute atomic E-state index is 0.298. The van der Waals surface area contributed by atoms with Gasteiger partial charge in [-0.05, 0) is 36.4 Å². The highest BCUT2D eigenvalue weighted by atomic mass is 32.2. The normalized spacial score (nSPS) is 10.4. The van der Waals surface area contributed by atoms with E-state index in [1.807, 2.05) is 13.0 Å². The van der Waals surface area contributed by atoms with Crippen LogP contribution in [0.5, 0.6) is 0 Å². The van der Waals surface area contributed by atoms with E-state index >= 15 is 0 Å². The van der Waals surface area contributed by atoms with Crippen molar-refractivity contribution < 1.29 is 8.78 Å². The molecule has 0 spiro atoms. The van der Waals surface area contributed by atoms with Gasteiger partial charge in [-0.15, -0.1) is 0 Å². The van der Waals surface area contributed by atoms with Crippen LogP contribution < -0.4 is 5.32 Å². The van der Waals surface area contributed by atoms with Gasteiger partial charge < -0.3 is 5.32 Å². The summed E-state index contributed by atoms with van der Waals surface area (Å²) in [6, 6.07) is 11.0. The Bertz CT molecular complexity index is 680. The summed E-state index contributed by atoms with van der Waals surface area (Å²) in [5.74, 6) is -1.24. The van der Waals surface area contributed by atoms with Crippen LogP contribution in [0.3, 0.4) is 0 Å². The Morgan fingerprint density at radius 2 is 1.90 bits per heavy atom. The van der Waals surface area contributed by atoms with Crippen LogP contribution in [-0.2, 0) is 6.54 Å². The Morgan fingerprint density at radius 1 is 1.14 bits per heavy atom. The van der Waals surface area contributed by atoms with Crippen molar-refractivity contribution in [2.75, 3.05) is 6.54 Å². The minimum atomic E-state index is -0.624. The molecule has 0 unspecified atom stereocenters. The lowest BCUT2D eigenvalue weighted by Crippen LogP contribution is -2.11. The first-order valence-corrected chi connectivity index (χ1v) is 7.32. The molecule has 1 N–H and O–H groups in total. The highest BCUT2D eigenvalue weighted by molar-refractivity contribution is 7.99. The zero-order chi connectivity index (χ0) is 15.2. The Balaban J connectivity index is 2.25. The second kappa shape index (κ2) is 7.21. The molecule has 21 heavy (non-hydrogen) atoms. The molecule has 0 aliphatic carbocycles. The maximum Gasteiger partial charge on any atom is 0.140 e. The van der Waals surface area contributed by atoms with Gasteiger partial charge in [0.1, 0.15) is 17.7 Å². The topological polar surface area (TPSA) is 35.8 Å². The molecule has 0 atom stereocenters. The van der Waals surface area contributed by atoms with Gasteiger partial charge in [0.05, 0.1) is 5.56 Å². The Hall–Kier alpha value is -1.90. The molecule has 0 saturated carbocycles. The van der Waals surface area contributed by atoms with E-state index in [0.29, 0.717) is 21.9 Å². The second-order valence-corrected chi connectivity index (χ2v) is 5.48. The number of hydrogen-bond donors (Lipinski definition) is 1. The molecule has 2 aromatic carbocycles. The van der Waals surface area contributed by atoms with Crippen molar-refractivity contribution in [2.24, 2.45) is 0 Å². The molecule has 0 saturated heterocycles. The van der Waals surface area contributed by atoms with Gasteiger partial charge >= 0.3 is 0 Å². The first-order valence-electron chi connectivity index (χ1n) is 6.50. The molecule has 0 amide bonds. The molecule has 2 aromatic rings. The highest BCUT2D eigenvalue weighted by Crippen LogP contribution is 2.32. The summed E-state index contributed by atoms with van der Waals surface area (Å²) in [4.78, 5) is 0.954. The summed E-state index contributed by atoms with van der Waals surface area (Å²) in [5.41, 5.74) is 1.48. The van der Waals surface area contributed by atoms with E-state index in [9.17, 15) is 14.0 Å². The largest absolute Gasteiger partial charge is 0.313 e. The van der Waals surface area contributed by atoms with Crippen LogP contribution in [-0.4, -0.2) is 6.54 Å². The van der Waals surface area contributed by atoms with Crippen LogP contribution in [0.1, 0.15) is 18.1 Å². The van der Waals surface area contributed by atoms with Crippen molar-refractivity contribution in [3.8, 4) is 6.07 Å². The van der Waals surface area contributed by atoms with Crippen molar-refractivity contribution >= 4 is 11.8 Å². The first kappa shape index (κ1) is 15.5. The van der Waals surface area contributed by atoms with E-state index in [0.717, 1.165) is 29.9 Å². The molecule has 0 aliphatic heterocycles. The van der Waals surface area contributed by atoms with Crippen molar-refractivity contribution in [3.63, 3.8) is 0 Å². The summed E-state index contributed by atoms with van der Waals surface area (Å²) in [7, 11) is 0. The fourth-order valence-electron chi connectivity index (χ4n) is 1.81. The zero-order valence-corrected chi connectivity index (χ0v) is 12.3. The average Bonchev–Trinajstić information content (AvgIpc) is 2.48. The third-order valence-electron chi connectivity index (χ3n) is 2.86. The average molecular weight is 304 g/mol. The summed E-state index contributed by atoms with van der Waals surface area (Å²) >= 11 is 1.12. The number of nitriles is 1. The van der Waals surface area contributed by atoms with Gasteiger partial charge in [0, 0.05) is 22.4 Å². The van der Waals surface area contributed by atoms with Crippen LogP contribution in [0.25, 0.3) is 0 Å². The lowest BCUT2D eigenvalue weighted by Gasteiger charge is -2.08. The minimum Gasteiger partial charge on any atom is -0.313 e. The van der Waals surface area contributed by atoms with Crippen molar-refractivity contribution in [3.05, 3.63) is 59.2 Å². The van der Waals surface area contributed by atoms with E-state index in [1.165, 1.54) is 12.1 Å². The fraction of sp³-hybridized carbons (Fsp3) is 0.188. The number of halogens is 2. The molecule has 0 aliphatic rings. The van der Waals surface area contributed by atoms with Crippen LogP contribution in [0.4, 0.5) is 8.78 Å². The van der Waals surface area contributed by atoms with Crippen molar-refractivity contribution in [1.82, 2.24) is 5.32 Å². The van der Waals surface area contributed by atoms with Crippen LogP contribution >= 0.6 is 11.8 Å². The Morgan fingerprint density at radius 3 is 2.57 bits per heavy atom. The van der Waals surface area contributed by atoms with Crippen LogP contribution in [0, 0.1) is 23.0 Å². The van der Waals surface area contributed by atoms with E-state index in [2.05, 4.69) is 11.4 Å². The van der Waals surface area contributed by atoms with Crippen LogP contribution in [0.2, 0.25) is 0 Å². The number of nitrogens with zero attached hydrogens (tertiary/aromatic N) is 1. The summed E-state index contributed by atoms with van der Waals surface area (Å²) in [6.45, 7) is 3.53. The summed E-state index contributed by atoms with van der Waals surface area (Å²) in [5, 5.41) is 12.4. The van der Waals surface area contributed by atoms with Gasteiger partial charge in [-0.25, -0.2) is 8.78 Å². The molecular weight excluding hydrogens is 290 g/mol. The number of hydrogen-bond acceptors (Lipinski definition) is 3. The molecule has 0 heterocycles. The third-order valence-corrected chi connectivity index (χ3v) is 3.98. The predicted molar refractivity (Wildman–Crippen MR) is 79.0 cm³/mol. The van der Waals surface area contributed by atoms with E-state index in [1.54, 1.807) is 12.1 Å². The molecule has 0 radical (unpaired) electrons. The molecule has 2 nitrogen and oxygen atoms in total. The number of benzene rings is 2. The van der Waals surface area contributed by atoms with Gasteiger partial charge in [0.2, 0.25) is 0 Å². The Kier molecular flexibility index (Phi) is 5.32. The van der Waals surface area contributed by atoms with E-state index in [4.69, 9.17) is 0 Å². The molecule has 0 aromatic heterocycles. The van der Waals surface area contributed by atoms with E-state index in [-0.39, 0.29) is 0 Å². The first-order chi connectivity index (χ1) is 10.1. The van der Waals surface area contributed by atoms with Crippen molar-refractivity contribution in [1.29, 1.82) is 5.26 Å². The van der Waals surface area contributed by atoms with Crippen LogP contribution in [0.15, 0.2) is 46.2 Å². The Labute approximate surface area is 126 Å². The maximum atomic E-state index is 13.7. The molecule has 0 fully saturated rings. The van der Waals surface area contributed by atoms with Gasteiger partial charge in [0.15, 0.2) is 0 Å². The fourth-order valence-corrected chi connectivity index (χ4v) is 2.69. The number of nitrogens with one attached hydrogen (secondary N) is 1. The lowest BCUT2D eigenvalue weighted by molar-refractivity contribution is 0.565. The van der Waals surface area contributed by atoms with Gasteiger partial charge in [0.25, 0.3) is 0 Å². The second-order valence-electron chi connectivity index (χ2n) is 4.40. The summed E-state index contributed by atoms with van der Waals surface area (Å²) < 4.78 is 26.6. The predicted octanol–water partition coefficient (Wildman–Crippen LogP) is 4.10. The SMILES string of the molecule is CCNCc1ccc(Sc2ccc(F)cc2F)c(C#N)c1. The molecule has 2 rings (SSSR count). The van der Waals surface area contributed by atoms with Gasteiger partial charge in [-0.2, -0.15) is 5.26 Å². The molecule has 108 valence electrons. The van der Waals surface area contributed by atoms with Gasteiger partial charge in [-0.1, -0.05) is 24.8 Å². The monoisotopic (exact) mass is 304 g/mol. The molecule has 5 heteroatoms. The number of rotatable bonds is 5. The molecular formula is C16H14F2N2S. The smallest absolute Gasteiger partial charge is 0.140 e. The standard InChI is InChI=1S/C16H14F2N2S/c1-2-20-10-11-3-5-15(12(7-11)9-19)21-16-6-4-13(17)8-14(16)18/h3-8,20H,2,10H2,1H3. The van der Waals surface area contributed by atoms with Gasteiger partial charge in [-0.3, -0.25) is 0 Å². The lowest BCUT2D eigenvalue weighted by atomic mass is 10.1. The maximum absolute atomic E-state index is 13.7. The van der Waals surface area contributed by atoms with Crippen molar-refractivity contribution in [2.45, 2.75) is 23.3 Å². The summed E-state index contributed by atoms with van der Waals surface area (Å²) in [6.07, 6.45) is 0. The quantitative estimate of drug-likeness (QED) is 0.903. The van der Waals surface area contributed by atoms with E-state index < -0.39 is 11.6 Å². The third kappa shape index (κ3) is 4.03. The zero-order valence-electron chi connectivity index (χ0n) is 11.5. The highest BCUT2D eigenvalue weighted by Gasteiger charge is 2.10. The molecule has 0 bridgehead atoms.